The van der Waals surface area contributed by atoms with E-state index in [4.69, 9.17) is 30.3 Å². The lowest BCUT2D eigenvalue weighted by Gasteiger charge is -2.19. The molecule has 280 valence electrons. The number of hydrogen-bond acceptors (Lipinski definition) is 10. The van der Waals surface area contributed by atoms with Crippen LogP contribution in [0.5, 0.6) is 0 Å². The first-order valence-corrected chi connectivity index (χ1v) is 18.2. The number of hydrogen-bond donors (Lipinski definition) is 4. The smallest absolute Gasteiger partial charge is 0.335 e. The molecule has 0 radical (unpaired) electrons. The van der Waals surface area contributed by atoms with E-state index in [1.54, 1.807) is 12.1 Å². The van der Waals surface area contributed by atoms with Gasteiger partial charge >= 0.3 is 11.9 Å². The number of aryl methyl sites for hydroxylation is 1. The number of ether oxygens (including phenoxy) is 1. The van der Waals surface area contributed by atoms with Crippen molar-refractivity contribution in [2.24, 2.45) is 0 Å². The van der Waals surface area contributed by atoms with Gasteiger partial charge in [-0.2, -0.15) is 10.1 Å². The number of nitrogens with zero attached hydrogens (tertiary/aromatic N) is 5. The lowest BCUT2D eigenvalue weighted by Crippen LogP contribution is -2.39. The largest absolute Gasteiger partial charge is 0.479 e. The topological polar surface area (TPSA) is 180 Å². The monoisotopic (exact) mass is 739 g/mol. The van der Waals surface area contributed by atoms with Gasteiger partial charge in [0.1, 0.15) is 5.82 Å². The minimum atomic E-state index is -2.27. The van der Waals surface area contributed by atoms with Crippen molar-refractivity contribution in [2.75, 3.05) is 26.2 Å². The van der Waals surface area contributed by atoms with Crippen LogP contribution in [0.4, 0.5) is 4.39 Å². The maximum Gasteiger partial charge on any atom is 0.335 e. The molecule has 0 spiro atoms. The predicted molar refractivity (Wildman–Crippen MR) is 194 cm³/mol. The SMILES string of the molecule is CCN(CC)CCn1nc(-c2ccc(C)cc2)cc1COCCn1c(SCc2ccc(F)cc2)nc(=O)c2c1CCC2.O=C(O)[C@H](O)[C@@H](O)C(=O)O. The Kier molecular flexibility index (Phi) is 15.1. The first-order chi connectivity index (χ1) is 24.9. The van der Waals surface area contributed by atoms with Crippen molar-refractivity contribution in [3.05, 3.63) is 98.8 Å². The first-order valence-electron chi connectivity index (χ1n) is 17.2. The van der Waals surface area contributed by atoms with Crippen molar-refractivity contribution in [1.82, 2.24) is 24.2 Å². The summed E-state index contributed by atoms with van der Waals surface area (Å²) in [5.74, 6) is -3.18. The zero-order valence-electron chi connectivity index (χ0n) is 29.6. The maximum absolute atomic E-state index is 13.4. The summed E-state index contributed by atoms with van der Waals surface area (Å²) in [6.45, 7) is 11.7. The van der Waals surface area contributed by atoms with Gasteiger partial charge in [0.15, 0.2) is 17.4 Å². The molecule has 13 nitrogen and oxygen atoms in total. The Labute approximate surface area is 305 Å². The van der Waals surface area contributed by atoms with Crippen molar-refractivity contribution < 1.29 is 39.1 Å². The van der Waals surface area contributed by atoms with Crippen molar-refractivity contribution in [3.63, 3.8) is 0 Å². The quantitative estimate of drug-likeness (QED) is 0.0701. The fourth-order valence-electron chi connectivity index (χ4n) is 5.66. The summed E-state index contributed by atoms with van der Waals surface area (Å²) in [5.41, 5.74) is 7.10. The van der Waals surface area contributed by atoms with Crippen LogP contribution in [0.2, 0.25) is 0 Å². The van der Waals surface area contributed by atoms with E-state index in [0.29, 0.717) is 30.7 Å². The lowest BCUT2D eigenvalue weighted by molar-refractivity contribution is -0.165. The van der Waals surface area contributed by atoms with E-state index in [0.717, 1.165) is 79.2 Å². The maximum atomic E-state index is 13.4. The molecular weight excluding hydrogens is 693 g/mol. The molecule has 1 aliphatic rings. The summed E-state index contributed by atoms with van der Waals surface area (Å²) in [7, 11) is 0. The number of fused-ring (bicyclic) bond motifs is 1. The molecule has 1 aliphatic carbocycles. The summed E-state index contributed by atoms with van der Waals surface area (Å²) < 4.78 is 23.9. The molecule has 5 rings (SSSR count). The van der Waals surface area contributed by atoms with Crippen molar-refractivity contribution in [1.29, 1.82) is 0 Å². The molecule has 2 atom stereocenters. The molecule has 0 unspecified atom stereocenters. The van der Waals surface area contributed by atoms with E-state index in [-0.39, 0.29) is 11.4 Å². The number of likely N-dealkylation sites (N-methyl/N-ethyl adjacent to an activating group) is 1. The van der Waals surface area contributed by atoms with Gasteiger partial charge in [0.2, 0.25) is 0 Å². The summed E-state index contributed by atoms with van der Waals surface area (Å²) in [5, 5.41) is 38.2. The average Bonchev–Trinajstić information content (AvgIpc) is 3.79. The molecule has 0 saturated heterocycles. The first kappa shape index (κ1) is 40.4. The third-order valence-corrected chi connectivity index (χ3v) is 9.78. The predicted octanol–water partition coefficient (Wildman–Crippen LogP) is 3.77. The number of thioether (sulfide) groups is 1. The van der Waals surface area contributed by atoms with Crippen LogP contribution in [0.3, 0.4) is 0 Å². The highest BCUT2D eigenvalue weighted by Crippen LogP contribution is 2.27. The molecule has 15 heteroatoms. The van der Waals surface area contributed by atoms with Gasteiger partial charge in [0, 0.05) is 35.7 Å². The highest BCUT2D eigenvalue weighted by Gasteiger charge is 2.29. The highest BCUT2D eigenvalue weighted by molar-refractivity contribution is 7.98. The van der Waals surface area contributed by atoms with E-state index in [9.17, 15) is 18.8 Å². The number of halogens is 1. The average molecular weight is 740 g/mol. The second kappa shape index (κ2) is 19.4. The van der Waals surface area contributed by atoms with Crippen LogP contribution in [-0.4, -0.2) is 95.0 Å². The van der Waals surface area contributed by atoms with Crippen LogP contribution in [0.1, 0.15) is 48.3 Å². The molecule has 2 heterocycles. The standard InChI is InChI=1S/C33H40FN5O2S.C4H6O6/c1-4-37(5-2)17-18-39-28(21-30(36-39)26-13-9-24(3)10-14-26)22-41-20-19-38-31-8-6-7-29(31)32(40)35-33(38)42-23-25-11-15-27(34)16-12-25;5-1(3(7)8)2(6)4(9)10/h9-16,21H,4-8,17-20,22-23H2,1-3H3;1-2,5-6H,(H,7,8)(H,9,10)/t;1-,2-/m.1/s1. The number of aliphatic hydroxyl groups excluding tert-OH is 2. The van der Waals surface area contributed by atoms with E-state index in [1.165, 1.54) is 29.5 Å². The number of benzene rings is 2. The number of carboxylic acid groups (broad SMARTS) is 2. The molecule has 0 aliphatic heterocycles. The Morgan fingerprint density at radius 3 is 2.25 bits per heavy atom. The second-order valence-electron chi connectivity index (χ2n) is 12.3. The van der Waals surface area contributed by atoms with Gasteiger partial charge in [-0.25, -0.2) is 14.0 Å². The van der Waals surface area contributed by atoms with Crippen LogP contribution >= 0.6 is 11.8 Å². The molecule has 0 bridgehead atoms. The van der Waals surface area contributed by atoms with Gasteiger partial charge < -0.3 is 34.6 Å². The fraction of sp³-hybridized carbons (Fsp3) is 0.432. The Bertz CT molecular complexity index is 1830. The normalized spacial score (nSPS) is 13.4. The van der Waals surface area contributed by atoms with Crippen LogP contribution in [-0.2, 0) is 52.6 Å². The molecule has 0 fully saturated rings. The number of carboxylic acids is 2. The molecular formula is C37H46FN5O8S. The number of carbonyl (C=O) groups is 2. The molecule has 4 N–H and O–H groups in total. The van der Waals surface area contributed by atoms with Gasteiger partial charge in [-0.05, 0) is 63.0 Å². The van der Waals surface area contributed by atoms with Gasteiger partial charge in [-0.3, -0.25) is 9.48 Å². The molecule has 2 aromatic carbocycles. The van der Waals surface area contributed by atoms with Gasteiger partial charge in [-0.15, -0.1) is 0 Å². The third kappa shape index (κ3) is 11.0. The Balaban J connectivity index is 0.000000530. The van der Waals surface area contributed by atoms with E-state index in [1.807, 2.05) is 0 Å². The van der Waals surface area contributed by atoms with Gasteiger partial charge in [0.25, 0.3) is 5.56 Å². The zero-order chi connectivity index (χ0) is 37.8. The van der Waals surface area contributed by atoms with Crippen LogP contribution in [0.25, 0.3) is 11.3 Å². The fourth-order valence-corrected chi connectivity index (χ4v) is 6.66. The lowest BCUT2D eigenvalue weighted by atomic mass is 10.1. The van der Waals surface area contributed by atoms with Crippen LogP contribution in [0, 0.1) is 12.7 Å². The summed E-state index contributed by atoms with van der Waals surface area (Å²) in [6.07, 6.45) is -1.92. The Morgan fingerprint density at radius 1 is 0.981 bits per heavy atom. The van der Waals surface area contributed by atoms with Crippen molar-refractivity contribution in [2.45, 2.75) is 82.8 Å². The number of aliphatic carboxylic acids is 2. The zero-order valence-corrected chi connectivity index (χ0v) is 30.4. The third-order valence-electron chi connectivity index (χ3n) is 8.73. The molecule has 52 heavy (non-hydrogen) atoms. The van der Waals surface area contributed by atoms with Crippen molar-refractivity contribution in [3.8, 4) is 11.3 Å². The number of aromatic nitrogens is 4. The molecule has 0 amide bonds. The van der Waals surface area contributed by atoms with Gasteiger partial charge in [-0.1, -0.05) is 67.6 Å². The van der Waals surface area contributed by atoms with E-state index in [2.05, 4.69) is 70.2 Å². The van der Waals surface area contributed by atoms with Crippen LogP contribution in [0.15, 0.2) is 64.5 Å². The highest BCUT2D eigenvalue weighted by atomic mass is 32.2. The summed E-state index contributed by atoms with van der Waals surface area (Å²) in [6, 6.07) is 17.1. The summed E-state index contributed by atoms with van der Waals surface area (Å²) in [4.78, 5) is 39.1. The summed E-state index contributed by atoms with van der Waals surface area (Å²) >= 11 is 1.51. The van der Waals surface area contributed by atoms with E-state index < -0.39 is 24.1 Å². The minimum absolute atomic E-state index is 0.123. The Morgan fingerprint density at radius 2 is 1.63 bits per heavy atom. The number of rotatable bonds is 17. The minimum Gasteiger partial charge on any atom is -0.479 e. The molecule has 4 aromatic rings. The Hall–Kier alpha value is -4.41. The van der Waals surface area contributed by atoms with E-state index >= 15 is 0 Å². The van der Waals surface area contributed by atoms with Gasteiger partial charge in [0.05, 0.1) is 31.1 Å². The molecule has 0 saturated carbocycles. The molecule has 2 aromatic heterocycles. The number of aliphatic hydroxyl groups is 2. The van der Waals surface area contributed by atoms with Crippen molar-refractivity contribution >= 4 is 23.7 Å². The second-order valence-corrected chi connectivity index (χ2v) is 13.2. The van der Waals surface area contributed by atoms with Crippen LogP contribution < -0.4 is 5.56 Å².